The highest BCUT2D eigenvalue weighted by atomic mass is 16.2. The SMILES string of the molecule is C[C@H](NC(=O)c1ccc(N(C)C)nc1)c1ccc2[nH]c(=O)[nH]c2c1. The summed E-state index contributed by atoms with van der Waals surface area (Å²) in [7, 11) is 3.79. The van der Waals surface area contributed by atoms with Gasteiger partial charge in [0.2, 0.25) is 0 Å². The van der Waals surface area contributed by atoms with Crippen LogP contribution in [0.25, 0.3) is 11.0 Å². The summed E-state index contributed by atoms with van der Waals surface area (Å²) in [6.07, 6.45) is 1.56. The third-order valence-electron chi connectivity index (χ3n) is 3.86. The van der Waals surface area contributed by atoms with Crippen molar-refractivity contribution in [3.63, 3.8) is 0 Å². The Labute approximate surface area is 138 Å². The van der Waals surface area contributed by atoms with Crippen molar-refractivity contribution >= 4 is 22.8 Å². The number of hydrogen-bond acceptors (Lipinski definition) is 4. The first-order chi connectivity index (χ1) is 11.4. The summed E-state index contributed by atoms with van der Waals surface area (Å²) in [5.74, 6) is 0.601. The number of fused-ring (bicyclic) bond motifs is 1. The lowest BCUT2D eigenvalue weighted by Gasteiger charge is -2.15. The van der Waals surface area contributed by atoms with E-state index in [1.165, 1.54) is 0 Å². The van der Waals surface area contributed by atoms with Gasteiger partial charge in [0.25, 0.3) is 5.91 Å². The van der Waals surface area contributed by atoms with E-state index in [0.29, 0.717) is 5.56 Å². The van der Waals surface area contributed by atoms with Crippen LogP contribution in [0.15, 0.2) is 41.3 Å². The van der Waals surface area contributed by atoms with E-state index in [1.807, 2.05) is 44.1 Å². The van der Waals surface area contributed by atoms with E-state index in [0.717, 1.165) is 22.4 Å². The zero-order valence-corrected chi connectivity index (χ0v) is 13.8. The average Bonchev–Trinajstić information content (AvgIpc) is 2.93. The molecule has 0 aliphatic carbocycles. The molecule has 0 saturated carbocycles. The summed E-state index contributed by atoms with van der Waals surface area (Å²) in [6.45, 7) is 1.89. The summed E-state index contributed by atoms with van der Waals surface area (Å²) in [4.78, 5) is 35.2. The number of benzene rings is 1. The van der Waals surface area contributed by atoms with Crippen molar-refractivity contribution in [1.29, 1.82) is 0 Å². The maximum absolute atomic E-state index is 12.3. The molecule has 3 N–H and O–H groups in total. The number of hydrogen-bond donors (Lipinski definition) is 3. The fourth-order valence-electron chi connectivity index (χ4n) is 2.47. The maximum atomic E-state index is 12.3. The Hall–Kier alpha value is -3.09. The fraction of sp³-hybridized carbons (Fsp3) is 0.235. The molecule has 1 aromatic carbocycles. The zero-order valence-electron chi connectivity index (χ0n) is 13.8. The van der Waals surface area contributed by atoms with Gasteiger partial charge in [-0.1, -0.05) is 6.07 Å². The average molecular weight is 325 g/mol. The zero-order chi connectivity index (χ0) is 17.3. The Morgan fingerprint density at radius 2 is 1.92 bits per heavy atom. The molecule has 2 heterocycles. The number of aromatic nitrogens is 3. The van der Waals surface area contributed by atoms with Gasteiger partial charge in [-0.3, -0.25) is 4.79 Å². The number of H-pyrrole nitrogens is 2. The van der Waals surface area contributed by atoms with Crippen molar-refractivity contribution in [2.24, 2.45) is 0 Å². The van der Waals surface area contributed by atoms with E-state index in [2.05, 4.69) is 20.3 Å². The van der Waals surface area contributed by atoms with Gasteiger partial charge in [-0.2, -0.15) is 0 Å². The van der Waals surface area contributed by atoms with Crippen LogP contribution in [0.3, 0.4) is 0 Å². The predicted octanol–water partition coefficient (Wildman–Crippen LogP) is 1.81. The summed E-state index contributed by atoms with van der Waals surface area (Å²) in [5.41, 5.74) is 2.62. The number of nitrogens with one attached hydrogen (secondary N) is 3. The van der Waals surface area contributed by atoms with Crippen molar-refractivity contribution in [1.82, 2.24) is 20.3 Å². The smallest absolute Gasteiger partial charge is 0.323 e. The van der Waals surface area contributed by atoms with Crippen LogP contribution in [0.5, 0.6) is 0 Å². The van der Waals surface area contributed by atoms with Crippen LogP contribution in [0.4, 0.5) is 5.82 Å². The Balaban J connectivity index is 1.75. The number of carbonyl (C=O) groups excluding carboxylic acids is 1. The molecule has 124 valence electrons. The number of carbonyl (C=O) groups is 1. The van der Waals surface area contributed by atoms with E-state index in [-0.39, 0.29) is 17.6 Å². The molecule has 2 aromatic heterocycles. The van der Waals surface area contributed by atoms with Crippen molar-refractivity contribution in [2.75, 3.05) is 19.0 Å². The van der Waals surface area contributed by atoms with Crippen LogP contribution >= 0.6 is 0 Å². The lowest BCUT2D eigenvalue weighted by molar-refractivity contribution is 0.0939. The Morgan fingerprint density at radius 3 is 2.58 bits per heavy atom. The highest BCUT2D eigenvalue weighted by Gasteiger charge is 2.13. The number of rotatable bonds is 4. The van der Waals surface area contributed by atoms with Gasteiger partial charge >= 0.3 is 5.69 Å². The van der Waals surface area contributed by atoms with Gasteiger partial charge in [-0.05, 0) is 36.8 Å². The van der Waals surface area contributed by atoms with Crippen LogP contribution in [0, 0.1) is 0 Å². The molecule has 3 rings (SSSR count). The number of amides is 1. The largest absolute Gasteiger partial charge is 0.363 e. The van der Waals surface area contributed by atoms with E-state index in [1.54, 1.807) is 18.3 Å². The number of nitrogens with zero attached hydrogens (tertiary/aromatic N) is 2. The van der Waals surface area contributed by atoms with E-state index < -0.39 is 0 Å². The molecule has 7 nitrogen and oxygen atoms in total. The number of anilines is 1. The van der Waals surface area contributed by atoms with Crippen LogP contribution in [-0.4, -0.2) is 35.0 Å². The Kier molecular flexibility index (Phi) is 4.07. The molecular weight excluding hydrogens is 306 g/mol. The molecule has 0 spiro atoms. The Morgan fingerprint density at radius 1 is 1.17 bits per heavy atom. The second-order valence-electron chi connectivity index (χ2n) is 5.88. The predicted molar refractivity (Wildman–Crippen MR) is 93.4 cm³/mol. The summed E-state index contributed by atoms with van der Waals surface area (Å²) in [6, 6.07) is 8.90. The molecule has 0 aliphatic rings. The van der Waals surface area contributed by atoms with E-state index in [4.69, 9.17) is 0 Å². The quantitative estimate of drug-likeness (QED) is 0.682. The summed E-state index contributed by atoms with van der Waals surface area (Å²) in [5, 5.41) is 2.94. The first kappa shape index (κ1) is 15.8. The van der Waals surface area contributed by atoms with Gasteiger partial charge in [-0.25, -0.2) is 9.78 Å². The molecule has 3 aromatic rings. The molecule has 0 aliphatic heterocycles. The number of aromatic amines is 2. The molecule has 0 radical (unpaired) electrons. The van der Waals surface area contributed by atoms with Crippen LogP contribution < -0.4 is 15.9 Å². The molecule has 0 saturated heterocycles. The summed E-state index contributed by atoms with van der Waals surface area (Å²) < 4.78 is 0. The molecule has 24 heavy (non-hydrogen) atoms. The minimum Gasteiger partial charge on any atom is -0.363 e. The van der Waals surface area contributed by atoms with Crippen LogP contribution in [0.1, 0.15) is 28.9 Å². The van der Waals surface area contributed by atoms with Crippen molar-refractivity contribution in [3.8, 4) is 0 Å². The molecule has 0 bridgehead atoms. The van der Waals surface area contributed by atoms with E-state index in [9.17, 15) is 9.59 Å². The van der Waals surface area contributed by atoms with Gasteiger partial charge in [-0.15, -0.1) is 0 Å². The minimum atomic E-state index is -0.245. The molecular formula is C17H19N5O2. The monoisotopic (exact) mass is 325 g/mol. The summed E-state index contributed by atoms with van der Waals surface area (Å²) >= 11 is 0. The first-order valence-corrected chi connectivity index (χ1v) is 7.60. The topological polar surface area (TPSA) is 93.9 Å². The minimum absolute atomic E-state index is 0.192. The number of pyridine rings is 1. The van der Waals surface area contributed by atoms with E-state index >= 15 is 0 Å². The van der Waals surface area contributed by atoms with Crippen molar-refractivity contribution < 1.29 is 4.79 Å². The van der Waals surface area contributed by atoms with Gasteiger partial charge in [0, 0.05) is 20.3 Å². The fourth-order valence-corrected chi connectivity index (χ4v) is 2.47. The highest BCUT2D eigenvalue weighted by Crippen LogP contribution is 2.17. The van der Waals surface area contributed by atoms with Crippen molar-refractivity contribution in [3.05, 3.63) is 58.1 Å². The van der Waals surface area contributed by atoms with Crippen LogP contribution in [0.2, 0.25) is 0 Å². The molecule has 7 heteroatoms. The number of imidazole rings is 1. The first-order valence-electron chi connectivity index (χ1n) is 7.60. The maximum Gasteiger partial charge on any atom is 0.323 e. The molecule has 1 atom stereocenters. The third kappa shape index (κ3) is 3.15. The van der Waals surface area contributed by atoms with Gasteiger partial charge < -0.3 is 20.2 Å². The van der Waals surface area contributed by atoms with Gasteiger partial charge in [0.1, 0.15) is 5.82 Å². The standard InChI is InChI=1S/C17H19N5O2/c1-10(11-4-6-13-14(8-11)21-17(24)20-13)19-16(23)12-5-7-15(18-9-12)22(2)3/h4-10H,1-3H3,(H,19,23)(H2,20,21,24)/t10-/m0/s1. The molecule has 0 fully saturated rings. The lowest BCUT2D eigenvalue weighted by atomic mass is 10.1. The van der Waals surface area contributed by atoms with Gasteiger partial charge in [0.15, 0.2) is 0 Å². The lowest BCUT2D eigenvalue weighted by Crippen LogP contribution is -2.26. The van der Waals surface area contributed by atoms with Crippen molar-refractivity contribution in [2.45, 2.75) is 13.0 Å². The molecule has 1 amide bonds. The normalized spacial score (nSPS) is 12.1. The van der Waals surface area contributed by atoms with Gasteiger partial charge in [0.05, 0.1) is 22.6 Å². The second-order valence-corrected chi connectivity index (χ2v) is 5.88. The highest BCUT2D eigenvalue weighted by molar-refractivity contribution is 5.94. The Bertz CT molecular complexity index is 924. The molecule has 0 unspecified atom stereocenters. The second kappa shape index (κ2) is 6.19. The third-order valence-corrected chi connectivity index (χ3v) is 3.86. The van der Waals surface area contributed by atoms with Crippen LogP contribution in [-0.2, 0) is 0 Å².